The molecule has 0 amide bonds. The lowest BCUT2D eigenvalue weighted by molar-refractivity contribution is 0.659. The van der Waals surface area contributed by atoms with Crippen LogP contribution in [0.25, 0.3) is 16.9 Å². The standard InChI is InChI=1S/C13H12BClN4O2/c1-2-17-12(20)10-11(18(14)7-16-10)19(13(17)21)9-5-3-8(15)4-6-9/h3-7H,2,14H2,1H3. The van der Waals surface area contributed by atoms with E-state index in [9.17, 15) is 9.59 Å². The lowest BCUT2D eigenvalue weighted by Crippen LogP contribution is -2.39. The van der Waals surface area contributed by atoms with Crippen LogP contribution in [0.2, 0.25) is 5.02 Å². The second-order valence-electron chi connectivity index (χ2n) is 4.67. The molecule has 0 aliphatic heterocycles. The van der Waals surface area contributed by atoms with Crippen LogP contribution in [0.4, 0.5) is 0 Å². The zero-order valence-electron chi connectivity index (χ0n) is 11.6. The van der Waals surface area contributed by atoms with Crippen molar-refractivity contribution in [3.8, 4) is 5.69 Å². The smallest absolute Gasteiger partial charge is 0.337 e. The highest BCUT2D eigenvalue weighted by Crippen LogP contribution is 2.15. The SMILES string of the molecule is Bn1cnc2c(=O)n(CC)c(=O)n(-c3ccc(Cl)cc3)c21. The van der Waals surface area contributed by atoms with Crippen molar-refractivity contribution >= 4 is 30.7 Å². The number of hydrogen-bond acceptors (Lipinski definition) is 3. The third-order valence-electron chi connectivity index (χ3n) is 3.39. The Morgan fingerprint density at radius 2 is 1.90 bits per heavy atom. The molecular formula is C13H12BClN4O2. The molecular weight excluding hydrogens is 290 g/mol. The van der Waals surface area contributed by atoms with E-state index in [1.165, 1.54) is 15.5 Å². The number of benzene rings is 1. The molecule has 0 saturated heterocycles. The van der Waals surface area contributed by atoms with Crippen LogP contribution in [0.5, 0.6) is 0 Å². The normalized spacial score (nSPS) is 11.1. The van der Waals surface area contributed by atoms with Gasteiger partial charge in [0.2, 0.25) is 7.98 Å². The minimum Gasteiger partial charge on any atom is -0.369 e. The first-order valence-corrected chi connectivity index (χ1v) is 6.85. The van der Waals surface area contributed by atoms with Crippen molar-refractivity contribution in [2.24, 2.45) is 0 Å². The number of halogens is 1. The second kappa shape index (κ2) is 4.93. The van der Waals surface area contributed by atoms with Crippen molar-refractivity contribution in [2.75, 3.05) is 0 Å². The lowest BCUT2D eigenvalue weighted by Gasteiger charge is -2.12. The number of nitrogens with zero attached hydrogens (tertiary/aromatic N) is 4. The topological polar surface area (TPSA) is 61.8 Å². The fourth-order valence-corrected chi connectivity index (χ4v) is 2.49. The Kier molecular flexibility index (Phi) is 3.21. The van der Waals surface area contributed by atoms with Gasteiger partial charge in [-0.05, 0) is 31.2 Å². The van der Waals surface area contributed by atoms with Crippen molar-refractivity contribution in [3.63, 3.8) is 0 Å². The van der Waals surface area contributed by atoms with Gasteiger partial charge < -0.3 is 4.48 Å². The largest absolute Gasteiger partial charge is 0.369 e. The van der Waals surface area contributed by atoms with E-state index in [4.69, 9.17) is 11.6 Å². The van der Waals surface area contributed by atoms with Crippen LogP contribution in [0.15, 0.2) is 40.2 Å². The molecule has 106 valence electrons. The first-order chi connectivity index (χ1) is 10.0. The summed E-state index contributed by atoms with van der Waals surface area (Å²) in [4.78, 5) is 29.0. The van der Waals surface area contributed by atoms with Crippen molar-refractivity contribution in [3.05, 3.63) is 56.5 Å². The Morgan fingerprint density at radius 3 is 2.52 bits per heavy atom. The molecule has 3 aromatic rings. The highest BCUT2D eigenvalue weighted by atomic mass is 35.5. The van der Waals surface area contributed by atoms with Crippen LogP contribution in [0, 0.1) is 0 Å². The van der Waals surface area contributed by atoms with E-state index in [0.29, 0.717) is 16.4 Å². The highest BCUT2D eigenvalue weighted by molar-refractivity contribution is 6.30. The van der Waals surface area contributed by atoms with Crippen molar-refractivity contribution in [1.82, 2.24) is 18.6 Å². The molecule has 0 bridgehead atoms. The molecule has 2 heterocycles. The summed E-state index contributed by atoms with van der Waals surface area (Å²) in [7, 11) is 1.75. The number of rotatable bonds is 2. The van der Waals surface area contributed by atoms with Crippen LogP contribution in [0.1, 0.15) is 6.92 Å². The van der Waals surface area contributed by atoms with Crippen molar-refractivity contribution in [1.29, 1.82) is 0 Å². The minimum absolute atomic E-state index is 0.272. The zero-order chi connectivity index (χ0) is 15.1. The molecule has 6 nitrogen and oxygen atoms in total. The summed E-state index contributed by atoms with van der Waals surface area (Å²) >= 11 is 5.89. The molecule has 0 unspecified atom stereocenters. The van der Waals surface area contributed by atoms with Crippen LogP contribution in [-0.2, 0) is 6.54 Å². The van der Waals surface area contributed by atoms with Gasteiger partial charge in [0.15, 0.2) is 5.52 Å². The maximum Gasteiger partial charge on any atom is 0.337 e. The van der Waals surface area contributed by atoms with Crippen LogP contribution >= 0.6 is 11.6 Å². The van der Waals surface area contributed by atoms with E-state index in [2.05, 4.69) is 4.98 Å². The molecule has 0 N–H and O–H groups in total. The van der Waals surface area contributed by atoms with Gasteiger partial charge in [-0.1, -0.05) is 11.6 Å². The van der Waals surface area contributed by atoms with Crippen LogP contribution < -0.4 is 11.2 Å². The molecule has 8 heteroatoms. The van der Waals surface area contributed by atoms with Gasteiger partial charge in [-0.25, -0.2) is 14.3 Å². The molecule has 0 aliphatic rings. The van der Waals surface area contributed by atoms with Gasteiger partial charge in [0.1, 0.15) is 5.65 Å². The van der Waals surface area contributed by atoms with Gasteiger partial charge in [-0.3, -0.25) is 9.36 Å². The molecule has 0 radical (unpaired) electrons. The second-order valence-corrected chi connectivity index (χ2v) is 5.11. The molecule has 1 aromatic carbocycles. The van der Waals surface area contributed by atoms with E-state index >= 15 is 0 Å². The summed E-state index contributed by atoms with van der Waals surface area (Å²) in [5.74, 6) is 0. The first kappa shape index (κ1) is 13.7. The third kappa shape index (κ3) is 2.01. The van der Waals surface area contributed by atoms with Crippen molar-refractivity contribution < 1.29 is 0 Å². The van der Waals surface area contributed by atoms with E-state index in [0.717, 1.165) is 0 Å². The van der Waals surface area contributed by atoms with Gasteiger partial charge in [-0.15, -0.1) is 0 Å². The summed E-state index contributed by atoms with van der Waals surface area (Å²) in [6.45, 7) is 2.04. The molecule has 2 aromatic heterocycles. The fraction of sp³-hybridized carbons (Fsp3) is 0.154. The van der Waals surface area contributed by atoms with Gasteiger partial charge in [0, 0.05) is 11.6 Å². The fourth-order valence-electron chi connectivity index (χ4n) is 2.37. The average Bonchev–Trinajstić information content (AvgIpc) is 2.84. The number of hydrogen-bond donors (Lipinski definition) is 0. The number of aromatic nitrogens is 4. The molecule has 0 saturated carbocycles. The Balaban J connectivity index is 2.51. The highest BCUT2D eigenvalue weighted by Gasteiger charge is 2.16. The molecule has 0 fully saturated rings. The van der Waals surface area contributed by atoms with Gasteiger partial charge >= 0.3 is 5.69 Å². The summed E-state index contributed by atoms with van der Waals surface area (Å²) in [6, 6.07) is 6.88. The summed E-state index contributed by atoms with van der Waals surface area (Å²) in [5.41, 5.74) is 0.621. The monoisotopic (exact) mass is 302 g/mol. The molecule has 21 heavy (non-hydrogen) atoms. The average molecular weight is 303 g/mol. The predicted octanol–water partition coefficient (Wildman–Crippen LogP) is 0.418. The van der Waals surface area contributed by atoms with Gasteiger partial charge in [-0.2, -0.15) is 0 Å². The number of fused-ring (bicyclic) bond motifs is 1. The Hall–Kier alpha value is -2.28. The number of imidazole rings is 1. The van der Waals surface area contributed by atoms with Crippen molar-refractivity contribution in [2.45, 2.75) is 13.5 Å². The Morgan fingerprint density at radius 1 is 1.24 bits per heavy atom. The molecule has 0 spiro atoms. The first-order valence-electron chi connectivity index (χ1n) is 6.47. The summed E-state index contributed by atoms with van der Waals surface area (Å²) in [5, 5.41) is 0.580. The quantitative estimate of drug-likeness (QED) is 0.645. The lowest BCUT2D eigenvalue weighted by atomic mass is 10.3. The predicted molar refractivity (Wildman–Crippen MR) is 84.2 cm³/mol. The van der Waals surface area contributed by atoms with Gasteiger partial charge in [0.05, 0.1) is 12.0 Å². The molecule has 3 rings (SSSR count). The Bertz CT molecular complexity index is 940. The Labute approximate surface area is 125 Å². The maximum absolute atomic E-state index is 12.6. The van der Waals surface area contributed by atoms with Gasteiger partial charge in [0.25, 0.3) is 5.56 Å². The van der Waals surface area contributed by atoms with E-state index in [1.54, 1.807) is 43.6 Å². The van der Waals surface area contributed by atoms with E-state index in [1.807, 2.05) is 0 Å². The van der Waals surface area contributed by atoms with Crippen LogP contribution in [-0.4, -0.2) is 26.6 Å². The minimum atomic E-state index is -0.388. The summed E-state index contributed by atoms with van der Waals surface area (Å²) < 4.78 is 4.31. The van der Waals surface area contributed by atoms with E-state index < -0.39 is 0 Å². The van der Waals surface area contributed by atoms with E-state index in [-0.39, 0.29) is 23.3 Å². The third-order valence-corrected chi connectivity index (χ3v) is 3.64. The maximum atomic E-state index is 12.6. The molecule has 0 atom stereocenters. The zero-order valence-corrected chi connectivity index (χ0v) is 12.3. The molecule has 0 aliphatic carbocycles. The van der Waals surface area contributed by atoms with Crippen LogP contribution in [0.3, 0.4) is 0 Å². The summed E-state index contributed by atoms with van der Waals surface area (Å²) in [6.07, 6.45) is 1.53.